The minimum atomic E-state index is -0.206. The standard InChI is InChI=1S/C18H15BrN2O2S/c1-12-20-15(11-24-12)10-23-17-5-3-2-4-16(17)18(22)21-14-8-6-13(19)7-9-14/h2-9,11H,10H2,1H3,(H,21,22). The Morgan fingerprint density at radius 1 is 1.21 bits per heavy atom. The molecule has 0 radical (unpaired) electrons. The summed E-state index contributed by atoms with van der Waals surface area (Å²) >= 11 is 4.95. The third-order valence-electron chi connectivity index (χ3n) is 3.28. The lowest BCUT2D eigenvalue weighted by Gasteiger charge is -2.11. The number of thiazole rings is 1. The molecule has 0 aliphatic heterocycles. The Morgan fingerprint density at radius 2 is 1.96 bits per heavy atom. The van der Waals surface area contributed by atoms with Crippen LogP contribution in [-0.4, -0.2) is 10.9 Å². The third kappa shape index (κ3) is 4.21. The lowest BCUT2D eigenvalue weighted by Crippen LogP contribution is -2.13. The van der Waals surface area contributed by atoms with Gasteiger partial charge in [-0.3, -0.25) is 4.79 Å². The van der Waals surface area contributed by atoms with Gasteiger partial charge < -0.3 is 10.1 Å². The van der Waals surface area contributed by atoms with Gasteiger partial charge in [0.1, 0.15) is 12.4 Å². The highest BCUT2D eigenvalue weighted by Crippen LogP contribution is 2.22. The highest BCUT2D eigenvalue weighted by Gasteiger charge is 2.13. The maximum absolute atomic E-state index is 12.5. The van der Waals surface area contributed by atoms with Crippen LogP contribution in [0.5, 0.6) is 5.75 Å². The summed E-state index contributed by atoms with van der Waals surface area (Å²) in [6.07, 6.45) is 0. The van der Waals surface area contributed by atoms with Gasteiger partial charge in [-0.15, -0.1) is 11.3 Å². The van der Waals surface area contributed by atoms with Crippen LogP contribution in [0.15, 0.2) is 58.4 Å². The Labute approximate surface area is 152 Å². The van der Waals surface area contributed by atoms with Crippen molar-refractivity contribution in [2.75, 3.05) is 5.32 Å². The van der Waals surface area contributed by atoms with Gasteiger partial charge in [0.2, 0.25) is 0 Å². The van der Waals surface area contributed by atoms with Gasteiger partial charge in [0.15, 0.2) is 0 Å². The Kier molecular flexibility index (Phi) is 5.27. The van der Waals surface area contributed by atoms with E-state index in [1.165, 1.54) is 0 Å². The maximum Gasteiger partial charge on any atom is 0.259 e. The predicted octanol–water partition coefficient (Wildman–Crippen LogP) is 5.05. The molecule has 122 valence electrons. The van der Waals surface area contributed by atoms with Gasteiger partial charge in [-0.25, -0.2) is 4.98 Å². The van der Waals surface area contributed by atoms with Crippen molar-refractivity contribution >= 4 is 38.9 Å². The quantitative estimate of drug-likeness (QED) is 0.649. The molecule has 0 fully saturated rings. The van der Waals surface area contributed by atoms with Gasteiger partial charge in [0, 0.05) is 15.5 Å². The van der Waals surface area contributed by atoms with E-state index in [0.29, 0.717) is 17.9 Å². The smallest absolute Gasteiger partial charge is 0.259 e. The predicted molar refractivity (Wildman–Crippen MR) is 99.7 cm³/mol. The van der Waals surface area contributed by atoms with Gasteiger partial charge in [-0.1, -0.05) is 28.1 Å². The molecule has 0 saturated carbocycles. The molecule has 3 aromatic rings. The van der Waals surface area contributed by atoms with Gasteiger partial charge in [0.05, 0.1) is 16.3 Å². The number of aryl methyl sites for hydroxylation is 1. The zero-order chi connectivity index (χ0) is 16.9. The van der Waals surface area contributed by atoms with Crippen molar-refractivity contribution < 1.29 is 9.53 Å². The molecule has 0 aliphatic rings. The van der Waals surface area contributed by atoms with E-state index in [9.17, 15) is 4.79 Å². The van der Waals surface area contributed by atoms with Crippen LogP contribution in [0, 0.1) is 6.92 Å². The fourth-order valence-electron chi connectivity index (χ4n) is 2.14. The largest absolute Gasteiger partial charge is 0.486 e. The molecule has 0 atom stereocenters. The molecule has 1 N–H and O–H groups in total. The van der Waals surface area contributed by atoms with E-state index in [4.69, 9.17) is 4.74 Å². The molecule has 3 rings (SSSR count). The summed E-state index contributed by atoms with van der Waals surface area (Å²) in [6.45, 7) is 2.29. The summed E-state index contributed by atoms with van der Waals surface area (Å²) < 4.78 is 6.75. The molecule has 1 aromatic heterocycles. The molecule has 6 heteroatoms. The summed E-state index contributed by atoms with van der Waals surface area (Å²) in [5.74, 6) is 0.333. The molecule has 0 bridgehead atoms. The molecule has 1 amide bonds. The van der Waals surface area contributed by atoms with Crippen molar-refractivity contribution in [3.63, 3.8) is 0 Å². The van der Waals surface area contributed by atoms with Gasteiger partial charge in [0.25, 0.3) is 5.91 Å². The van der Waals surface area contributed by atoms with Crippen LogP contribution >= 0.6 is 27.3 Å². The number of hydrogen-bond donors (Lipinski definition) is 1. The number of hydrogen-bond acceptors (Lipinski definition) is 4. The number of ether oxygens (including phenoxy) is 1. The number of nitrogens with zero attached hydrogens (tertiary/aromatic N) is 1. The van der Waals surface area contributed by atoms with Crippen molar-refractivity contribution in [1.29, 1.82) is 0 Å². The molecule has 2 aromatic carbocycles. The van der Waals surface area contributed by atoms with Crippen molar-refractivity contribution in [3.8, 4) is 5.75 Å². The van der Waals surface area contributed by atoms with Crippen LogP contribution in [0.1, 0.15) is 21.1 Å². The Balaban J connectivity index is 1.72. The molecule has 4 nitrogen and oxygen atoms in total. The maximum atomic E-state index is 12.5. The highest BCUT2D eigenvalue weighted by molar-refractivity contribution is 9.10. The first-order valence-electron chi connectivity index (χ1n) is 7.31. The SMILES string of the molecule is Cc1nc(COc2ccccc2C(=O)Nc2ccc(Br)cc2)cs1. The Hall–Kier alpha value is -2.18. The zero-order valence-electron chi connectivity index (χ0n) is 13.0. The van der Waals surface area contributed by atoms with Gasteiger partial charge >= 0.3 is 0 Å². The minimum Gasteiger partial charge on any atom is -0.486 e. The normalized spacial score (nSPS) is 10.4. The van der Waals surface area contributed by atoms with Crippen LogP contribution in [-0.2, 0) is 6.61 Å². The number of nitrogens with one attached hydrogen (secondary N) is 1. The number of anilines is 1. The molecule has 0 saturated heterocycles. The average Bonchev–Trinajstić information content (AvgIpc) is 3.01. The molecule has 0 unspecified atom stereocenters. The summed E-state index contributed by atoms with van der Waals surface area (Å²) in [6, 6.07) is 14.6. The van der Waals surface area contributed by atoms with E-state index in [1.54, 1.807) is 23.5 Å². The van der Waals surface area contributed by atoms with Crippen molar-refractivity contribution in [2.24, 2.45) is 0 Å². The summed E-state index contributed by atoms with van der Waals surface area (Å²) in [7, 11) is 0. The first-order chi connectivity index (χ1) is 11.6. The number of benzene rings is 2. The third-order valence-corrected chi connectivity index (χ3v) is 4.63. The van der Waals surface area contributed by atoms with Crippen molar-refractivity contribution in [3.05, 3.63) is 74.6 Å². The average molecular weight is 403 g/mol. The van der Waals surface area contributed by atoms with E-state index in [1.807, 2.05) is 48.7 Å². The lowest BCUT2D eigenvalue weighted by atomic mass is 10.2. The van der Waals surface area contributed by atoms with Crippen molar-refractivity contribution in [1.82, 2.24) is 4.98 Å². The number of rotatable bonds is 5. The summed E-state index contributed by atoms with van der Waals surface area (Å²) in [5.41, 5.74) is 2.08. The molecule has 24 heavy (non-hydrogen) atoms. The van der Waals surface area contributed by atoms with E-state index < -0.39 is 0 Å². The molecule has 0 aliphatic carbocycles. The number of carbonyl (C=O) groups is 1. The minimum absolute atomic E-state index is 0.206. The molecular formula is C18H15BrN2O2S. The second-order valence-corrected chi connectivity index (χ2v) is 7.08. The Bertz CT molecular complexity index is 846. The van der Waals surface area contributed by atoms with Crippen molar-refractivity contribution in [2.45, 2.75) is 13.5 Å². The fourth-order valence-corrected chi connectivity index (χ4v) is 3.00. The first-order valence-corrected chi connectivity index (χ1v) is 8.99. The summed E-state index contributed by atoms with van der Waals surface area (Å²) in [4.78, 5) is 16.9. The van der Waals surface area contributed by atoms with Gasteiger partial charge in [-0.05, 0) is 43.3 Å². The van der Waals surface area contributed by atoms with Gasteiger partial charge in [-0.2, -0.15) is 0 Å². The van der Waals surface area contributed by atoms with Crippen LogP contribution in [0.2, 0.25) is 0 Å². The van der Waals surface area contributed by atoms with Crippen LogP contribution in [0.4, 0.5) is 5.69 Å². The molecule has 1 heterocycles. The van der Waals surface area contributed by atoms with Crippen LogP contribution in [0.25, 0.3) is 0 Å². The second kappa shape index (κ2) is 7.59. The van der Waals surface area contributed by atoms with E-state index in [-0.39, 0.29) is 5.91 Å². The fraction of sp³-hybridized carbons (Fsp3) is 0.111. The van der Waals surface area contributed by atoms with Crippen LogP contribution < -0.4 is 10.1 Å². The zero-order valence-corrected chi connectivity index (χ0v) is 15.4. The topological polar surface area (TPSA) is 51.2 Å². The Morgan fingerprint density at radius 3 is 2.67 bits per heavy atom. The number of amides is 1. The number of para-hydroxylation sites is 1. The summed E-state index contributed by atoms with van der Waals surface area (Å²) in [5, 5.41) is 5.83. The first kappa shape index (κ1) is 16.7. The lowest BCUT2D eigenvalue weighted by molar-refractivity contribution is 0.102. The van der Waals surface area contributed by atoms with Crippen LogP contribution in [0.3, 0.4) is 0 Å². The number of halogens is 1. The molecule has 0 spiro atoms. The molecular weight excluding hydrogens is 388 g/mol. The monoisotopic (exact) mass is 402 g/mol. The van der Waals surface area contributed by atoms with E-state index >= 15 is 0 Å². The number of carbonyl (C=O) groups excluding carboxylic acids is 1. The highest BCUT2D eigenvalue weighted by atomic mass is 79.9. The van der Waals surface area contributed by atoms with E-state index in [0.717, 1.165) is 20.9 Å². The number of aromatic nitrogens is 1. The second-order valence-electron chi connectivity index (χ2n) is 5.10. The van der Waals surface area contributed by atoms with E-state index in [2.05, 4.69) is 26.2 Å².